The Bertz CT molecular complexity index is 983. The molecule has 1 unspecified atom stereocenters. The van der Waals surface area contributed by atoms with Gasteiger partial charge in [-0.2, -0.15) is 0 Å². The van der Waals surface area contributed by atoms with Gasteiger partial charge in [-0.05, 0) is 30.7 Å². The van der Waals surface area contributed by atoms with Crippen molar-refractivity contribution in [2.75, 3.05) is 11.9 Å². The number of benzene rings is 2. The van der Waals surface area contributed by atoms with Gasteiger partial charge in [-0.3, -0.25) is 4.79 Å². The molecule has 1 atom stereocenters. The minimum Gasteiger partial charge on any atom is -0.462 e. The second kappa shape index (κ2) is 5.98. The van der Waals surface area contributed by atoms with Crippen LogP contribution in [-0.4, -0.2) is 28.6 Å². The van der Waals surface area contributed by atoms with E-state index in [1.54, 1.807) is 31.2 Å². The average molecular weight is 333 g/mol. The van der Waals surface area contributed by atoms with E-state index in [0.717, 1.165) is 16.5 Å². The molecule has 6 heteroatoms. The number of esters is 1. The molecule has 0 radical (unpaired) electrons. The van der Waals surface area contributed by atoms with Crippen molar-refractivity contribution in [1.82, 2.24) is 10.2 Å². The molecule has 0 fully saturated rings. The number of fused-ring (bicyclic) bond motifs is 3. The highest BCUT2D eigenvalue weighted by Gasteiger charge is 2.34. The maximum absolute atomic E-state index is 12.7. The van der Waals surface area contributed by atoms with Gasteiger partial charge in [-0.1, -0.05) is 30.3 Å². The Morgan fingerprint density at radius 2 is 1.88 bits per heavy atom. The van der Waals surface area contributed by atoms with Gasteiger partial charge < -0.3 is 10.1 Å². The molecular weight excluding hydrogens is 318 g/mol. The van der Waals surface area contributed by atoms with Crippen LogP contribution >= 0.6 is 0 Å². The van der Waals surface area contributed by atoms with Crippen LogP contribution in [0.5, 0.6) is 0 Å². The molecular formula is C19H15N3O3. The van der Waals surface area contributed by atoms with E-state index >= 15 is 0 Å². The Hall–Kier alpha value is -3.28. The number of hydrogen-bond donors (Lipinski definition) is 1. The Balaban J connectivity index is 1.67. The molecule has 2 aromatic carbocycles. The van der Waals surface area contributed by atoms with Crippen molar-refractivity contribution in [3.63, 3.8) is 0 Å². The van der Waals surface area contributed by atoms with Gasteiger partial charge in [0.15, 0.2) is 5.69 Å². The van der Waals surface area contributed by atoms with Crippen molar-refractivity contribution in [3.8, 4) is 0 Å². The first-order valence-corrected chi connectivity index (χ1v) is 8.02. The number of aromatic nitrogens is 2. The number of rotatable bonds is 3. The lowest BCUT2D eigenvalue weighted by atomic mass is 10.0. The summed E-state index contributed by atoms with van der Waals surface area (Å²) in [5.41, 5.74) is 3.01. The number of ether oxygens (including phenoxy) is 1. The van der Waals surface area contributed by atoms with Gasteiger partial charge in [-0.15, -0.1) is 10.2 Å². The molecule has 0 bridgehead atoms. The number of hydrogen-bond acceptors (Lipinski definition) is 6. The van der Waals surface area contributed by atoms with Crippen molar-refractivity contribution < 1.29 is 14.3 Å². The van der Waals surface area contributed by atoms with Gasteiger partial charge in [0.1, 0.15) is 6.04 Å². The number of anilines is 1. The second-order valence-electron chi connectivity index (χ2n) is 5.72. The van der Waals surface area contributed by atoms with Crippen LogP contribution in [0.4, 0.5) is 5.69 Å². The number of nitrogens with one attached hydrogen (secondary N) is 1. The van der Waals surface area contributed by atoms with E-state index < -0.39 is 6.04 Å². The molecule has 1 aliphatic rings. The topological polar surface area (TPSA) is 81.2 Å². The zero-order chi connectivity index (χ0) is 17.4. The predicted octanol–water partition coefficient (Wildman–Crippen LogP) is 3.16. The van der Waals surface area contributed by atoms with Gasteiger partial charge in [0.05, 0.1) is 23.4 Å². The van der Waals surface area contributed by atoms with Gasteiger partial charge in [0.25, 0.3) is 0 Å². The summed E-state index contributed by atoms with van der Waals surface area (Å²) in [6, 6.07) is 13.8. The van der Waals surface area contributed by atoms with Crippen LogP contribution in [0, 0.1) is 0 Å². The second-order valence-corrected chi connectivity index (χ2v) is 5.72. The summed E-state index contributed by atoms with van der Waals surface area (Å²) in [4.78, 5) is 24.4. The summed E-state index contributed by atoms with van der Waals surface area (Å²) in [6.45, 7) is 2.08. The van der Waals surface area contributed by atoms with E-state index in [2.05, 4.69) is 15.5 Å². The van der Waals surface area contributed by atoms with E-state index in [1.807, 2.05) is 24.3 Å². The Kier molecular flexibility index (Phi) is 3.65. The standard InChI is InChI=1S/C19H15N3O3/c1-2-25-19(24)12-9-7-11(8-10-12)15-18(23)17-16(20-15)13-5-3-4-6-14(13)21-22-17/h3-10,15,20H,2H2,1H3. The molecule has 0 saturated heterocycles. The van der Waals surface area contributed by atoms with Crippen molar-refractivity contribution in [3.05, 3.63) is 65.4 Å². The van der Waals surface area contributed by atoms with Crippen LogP contribution < -0.4 is 5.32 Å². The minimum atomic E-state index is -0.536. The first-order chi connectivity index (χ1) is 12.2. The van der Waals surface area contributed by atoms with Gasteiger partial charge in [-0.25, -0.2) is 4.79 Å². The van der Waals surface area contributed by atoms with E-state index in [1.165, 1.54) is 0 Å². The summed E-state index contributed by atoms with van der Waals surface area (Å²) in [7, 11) is 0. The number of carbonyl (C=O) groups is 2. The molecule has 0 saturated carbocycles. The molecule has 6 nitrogen and oxygen atoms in total. The van der Waals surface area contributed by atoms with Crippen molar-refractivity contribution in [2.45, 2.75) is 13.0 Å². The van der Waals surface area contributed by atoms with Crippen LogP contribution in [0.3, 0.4) is 0 Å². The Morgan fingerprint density at radius 3 is 2.64 bits per heavy atom. The smallest absolute Gasteiger partial charge is 0.338 e. The third-order valence-electron chi connectivity index (χ3n) is 4.21. The summed E-state index contributed by atoms with van der Waals surface area (Å²) >= 11 is 0. The highest BCUT2D eigenvalue weighted by molar-refractivity contribution is 6.14. The largest absolute Gasteiger partial charge is 0.462 e. The number of nitrogens with zero attached hydrogens (tertiary/aromatic N) is 2. The highest BCUT2D eigenvalue weighted by atomic mass is 16.5. The fourth-order valence-corrected chi connectivity index (χ4v) is 2.98. The summed E-state index contributed by atoms with van der Waals surface area (Å²) in [5.74, 6) is -0.503. The number of ketones is 1. The lowest BCUT2D eigenvalue weighted by Gasteiger charge is -2.11. The lowest BCUT2D eigenvalue weighted by molar-refractivity contribution is 0.0526. The van der Waals surface area contributed by atoms with E-state index in [9.17, 15) is 9.59 Å². The first-order valence-electron chi connectivity index (χ1n) is 8.02. The van der Waals surface area contributed by atoms with Gasteiger partial charge in [0, 0.05) is 5.39 Å². The van der Waals surface area contributed by atoms with Crippen molar-refractivity contribution >= 4 is 28.3 Å². The molecule has 0 amide bonds. The molecule has 1 N–H and O–H groups in total. The van der Waals surface area contributed by atoms with Gasteiger partial charge >= 0.3 is 5.97 Å². The lowest BCUT2D eigenvalue weighted by Crippen LogP contribution is -2.13. The molecule has 1 aromatic heterocycles. The molecule has 4 rings (SSSR count). The SMILES string of the molecule is CCOC(=O)c1ccc(C2Nc3c(nnc4ccccc34)C2=O)cc1. The van der Waals surface area contributed by atoms with Crippen LogP contribution in [0.1, 0.15) is 39.4 Å². The maximum atomic E-state index is 12.7. The maximum Gasteiger partial charge on any atom is 0.338 e. The van der Waals surface area contributed by atoms with Crippen LogP contribution in [-0.2, 0) is 4.74 Å². The van der Waals surface area contributed by atoms with E-state index in [-0.39, 0.29) is 11.8 Å². The zero-order valence-corrected chi connectivity index (χ0v) is 13.5. The zero-order valence-electron chi connectivity index (χ0n) is 13.5. The van der Waals surface area contributed by atoms with E-state index in [0.29, 0.717) is 23.6 Å². The summed E-state index contributed by atoms with van der Waals surface area (Å²) < 4.78 is 4.97. The third-order valence-corrected chi connectivity index (χ3v) is 4.21. The molecule has 2 heterocycles. The first kappa shape index (κ1) is 15.3. The predicted molar refractivity (Wildman–Crippen MR) is 92.6 cm³/mol. The van der Waals surface area contributed by atoms with Crippen LogP contribution in [0.25, 0.3) is 10.9 Å². The van der Waals surface area contributed by atoms with Crippen molar-refractivity contribution in [1.29, 1.82) is 0 Å². The fourth-order valence-electron chi connectivity index (χ4n) is 2.98. The van der Waals surface area contributed by atoms with Crippen LogP contribution in [0.2, 0.25) is 0 Å². The average Bonchev–Trinajstić information content (AvgIpc) is 2.99. The quantitative estimate of drug-likeness (QED) is 0.742. The Labute approximate surface area is 143 Å². The molecule has 0 aliphatic carbocycles. The number of Topliss-reactive ketones (excluding diaryl/α,β-unsaturated/α-hetero) is 1. The minimum absolute atomic E-state index is 0.128. The van der Waals surface area contributed by atoms with Gasteiger partial charge in [0.2, 0.25) is 5.78 Å². The monoisotopic (exact) mass is 333 g/mol. The third kappa shape index (κ3) is 2.52. The summed E-state index contributed by atoms with van der Waals surface area (Å²) in [5, 5.41) is 12.3. The van der Waals surface area contributed by atoms with Crippen molar-refractivity contribution in [2.24, 2.45) is 0 Å². The normalized spacial score (nSPS) is 15.7. The summed E-state index contributed by atoms with van der Waals surface area (Å²) in [6.07, 6.45) is 0. The highest BCUT2D eigenvalue weighted by Crippen LogP contribution is 2.36. The molecule has 25 heavy (non-hydrogen) atoms. The van der Waals surface area contributed by atoms with E-state index in [4.69, 9.17) is 4.74 Å². The molecule has 1 aliphatic heterocycles. The number of carbonyl (C=O) groups excluding carboxylic acids is 2. The molecule has 0 spiro atoms. The Morgan fingerprint density at radius 1 is 1.12 bits per heavy atom. The molecule has 124 valence electrons. The van der Waals surface area contributed by atoms with Crippen LogP contribution in [0.15, 0.2) is 48.5 Å². The fraction of sp³-hybridized carbons (Fsp3) is 0.158. The molecule has 3 aromatic rings.